The Labute approximate surface area is 141 Å². The third kappa shape index (κ3) is 11.5. The maximum Gasteiger partial charge on any atom is 0.00412 e. The summed E-state index contributed by atoms with van der Waals surface area (Å²) in [6, 6.07) is 1.34. The van der Waals surface area contributed by atoms with E-state index in [2.05, 4.69) is 65.3 Å². The van der Waals surface area contributed by atoms with E-state index in [4.69, 9.17) is 0 Å². The zero-order valence-electron chi connectivity index (χ0n) is 16.9. The quantitative estimate of drug-likeness (QED) is 0.456. The van der Waals surface area contributed by atoms with Gasteiger partial charge in [-0.3, -0.25) is 4.90 Å². The topological polar surface area (TPSA) is 6.48 Å². The normalized spacial score (nSPS) is 14.0. The van der Waals surface area contributed by atoms with Gasteiger partial charge in [-0.2, -0.15) is 0 Å². The van der Waals surface area contributed by atoms with Crippen molar-refractivity contribution >= 4 is 0 Å². The van der Waals surface area contributed by atoms with E-state index in [0.29, 0.717) is 12.1 Å². The summed E-state index contributed by atoms with van der Waals surface area (Å²) in [6.45, 7) is 20.1. The van der Waals surface area contributed by atoms with Gasteiger partial charge in [0.15, 0.2) is 0 Å². The molecule has 1 atom stereocenters. The molecule has 0 saturated heterocycles. The van der Waals surface area contributed by atoms with Gasteiger partial charge in [0.05, 0.1) is 0 Å². The summed E-state index contributed by atoms with van der Waals surface area (Å²) in [4.78, 5) is 5.14. The fraction of sp³-hybridized carbons (Fsp3) is 1.00. The van der Waals surface area contributed by atoms with Crippen molar-refractivity contribution in [2.45, 2.75) is 92.7 Å². The minimum Gasteiger partial charge on any atom is -0.306 e. The molecule has 0 bridgehead atoms. The summed E-state index contributed by atoms with van der Waals surface area (Å²) in [6.07, 6.45) is 6.77. The first-order valence-electron chi connectivity index (χ1n) is 9.68. The predicted octanol–water partition coefficient (Wildman–Crippen LogP) is 5.28. The van der Waals surface area contributed by atoms with Crippen LogP contribution in [0.15, 0.2) is 0 Å². The van der Waals surface area contributed by atoms with Crippen molar-refractivity contribution in [1.29, 1.82) is 0 Å². The van der Waals surface area contributed by atoms with Crippen LogP contribution in [0.2, 0.25) is 0 Å². The number of hydrogen-bond acceptors (Lipinski definition) is 2. The molecule has 0 N–H and O–H groups in total. The van der Waals surface area contributed by atoms with E-state index < -0.39 is 0 Å². The molecule has 2 heteroatoms. The van der Waals surface area contributed by atoms with Crippen LogP contribution in [0, 0.1) is 11.8 Å². The first kappa shape index (κ1) is 21.9. The molecule has 0 spiro atoms. The van der Waals surface area contributed by atoms with Crippen LogP contribution in [0.4, 0.5) is 0 Å². The minimum atomic E-state index is 0.669. The third-order valence-electron chi connectivity index (χ3n) is 4.76. The number of nitrogens with zero attached hydrogens (tertiary/aromatic N) is 2. The maximum absolute atomic E-state index is 2.62. The Morgan fingerprint density at radius 1 is 0.636 bits per heavy atom. The first-order valence-corrected chi connectivity index (χ1v) is 9.68. The van der Waals surface area contributed by atoms with Crippen molar-refractivity contribution in [3.63, 3.8) is 0 Å². The van der Waals surface area contributed by atoms with Crippen molar-refractivity contribution in [1.82, 2.24) is 9.80 Å². The number of hydrogen-bond donors (Lipinski definition) is 0. The van der Waals surface area contributed by atoms with E-state index in [-0.39, 0.29) is 0 Å². The van der Waals surface area contributed by atoms with Gasteiger partial charge in [-0.15, -0.1) is 0 Å². The second kappa shape index (κ2) is 12.4. The molecule has 0 rings (SSSR count). The lowest BCUT2D eigenvalue weighted by molar-refractivity contribution is 0.167. The van der Waals surface area contributed by atoms with Crippen LogP contribution in [-0.2, 0) is 0 Å². The Balaban J connectivity index is 3.74. The Kier molecular flexibility index (Phi) is 12.3. The summed E-state index contributed by atoms with van der Waals surface area (Å²) < 4.78 is 0. The van der Waals surface area contributed by atoms with Crippen LogP contribution < -0.4 is 0 Å². The molecule has 0 radical (unpaired) electrons. The molecule has 0 aliphatic heterocycles. The molecule has 2 nitrogen and oxygen atoms in total. The van der Waals surface area contributed by atoms with Gasteiger partial charge < -0.3 is 4.90 Å². The van der Waals surface area contributed by atoms with Crippen molar-refractivity contribution in [2.24, 2.45) is 11.8 Å². The van der Waals surface area contributed by atoms with Crippen molar-refractivity contribution < 1.29 is 0 Å². The van der Waals surface area contributed by atoms with Gasteiger partial charge in [0.2, 0.25) is 0 Å². The van der Waals surface area contributed by atoms with Gasteiger partial charge >= 0.3 is 0 Å². The van der Waals surface area contributed by atoms with Crippen LogP contribution in [-0.4, -0.2) is 48.6 Å². The van der Waals surface area contributed by atoms with E-state index in [9.17, 15) is 0 Å². The van der Waals surface area contributed by atoms with E-state index >= 15 is 0 Å². The van der Waals surface area contributed by atoms with Gasteiger partial charge in [-0.05, 0) is 98.3 Å². The zero-order valence-corrected chi connectivity index (χ0v) is 16.9. The molecule has 0 amide bonds. The molecule has 134 valence electrons. The Morgan fingerprint density at radius 2 is 1.18 bits per heavy atom. The van der Waals surface area contributed by atoms with Gasteiger partial charge in [-0.25, -0.2) is 0 Å². The number of rotatable bonds is 13. The summed E-state index contributed by atoms with van der Waals surface area (Å²) in [5.74, 6) is 1.70. The second-order valence-electron chi connectivity index (χ2n) is 8.30. The highest BCUT2D eigenvalue weighted by Gasteiger charge is 2.13. The Hall–Kier alpha value is -0.0800. The third-order valence-corrected chi connectivity index (χ3v) is 4.76. The average Bonchev–Trinajstić information content (AvgIpc) is 2.40. The molecule has 1 unspecified atom stereocenters. The van der Waals surface area contributed by atoms with Gasteiger partial charge in [-0.1, -0.05) is 20.8 Å². The molecule has 0 heterocycles. The largest absolute Gasteiger partial charge is 0.306 e. The fourth-order valence-corrected chi connectivity index (χ4v) is 3.20. The highest BCUT2D eigenvalue weighted by molar-refractivity contribution is 4.68. The van der Waals surface area contributed by atoms with Gasteiger partial charge in [0, 0.05) is 12.1 Å². The summed E-state index contributed by atoms with van der Waals surface area (Å²) in [5.41, 5.74) is 0. The lowest BCUT2D eigenvalue weighted by Gasteiger charge is -2.31. The van der Waals surface area contributed by atoms with Crippen LogP contribution in [0.1, 0.15) is 80.6 Å². The van der Waals surface area contributed by atoms with E-state index in [1.165, 1.54) is 51.7 Å². The molecule has 0 aromatic rings. The van der Waals surface area contributed by atoms with Crippen LogP contribution in [0.3, 0.4) is 0 Å². The molecule has 0 fully saturated rings. The Bertz CT molecular complexity index is 240. The molecular formula is C20H44N2. The van der Waals surface area contributed by atoms with Gasteiger partial charge in [0.1, 0.15) is 0 Å². The zero-order chi connectivity index (χ0) is 17.1. The highest BCUT2D eigenvalue weighted by Crippen LogP contribution is 2.14. The van der Waals surface area contributed by atoms with E-state index in [1.807, 2.05) is 0 Å². The summed E-state index contributed by atoms with van der Waals surface area (Å²) in [7, 11) is 2.28. The fourth-order valence-electron chi connectivity index (χ4n) is 3.20. The van der Waals surface area contributed by atoms with Crippen molar-refractivity contribution in [3.8, 4) is 0 Å². The molecule has 0 aromatic heterocycles. The van der Waals surface area contributed by atoms with Crippen molar-refractivity contribution in [3.05, 3.63) is 0 Å². The highest BCUT2D eigenvalue weighted by atomic mass is 15.2. The first-order chi connectivity index (χ1) is 10.2. The molecule has 0 aliphatic carbocycles. The standard InChI is InChI=1S/C20H44N2/c1-17(2)11-9-14-21(8)16-13-20(7)12-10-15-22(18(3)4)19(5)6/h17-20H,9-16H2,1-8H3. The van der Waals surface area contributed by atoms with E-state index in [0.717, 1.165) is 11.8 Å². The SMILES string of the molecule is CC(C)CCCN(C)CCC(C)CCCN(C(C)C)C(C)C. The molecule has 0 saturated carbocycles. The maximum atomic E-state index is 2.62. The lowest BCUT2D eigenvalue weighted by atomic mass is 10.0. The summed E-state index contributed by atoms with van der Waals surface area (Å²) >= 11 is 0. The second-order valence-corrected chi connectivity index (χ2v) is 8.30. The van der Waals surface area contributed by atoms with Gasteiger partial charge in [0.25, 0.3) is 0 Å². The minimum absolute atomic E-state index is 0.669. The van der Waals surface area contributed by atoms with Crippen LogP contribution in [0.5, 0.6) is 0 Å². The van der Waals surface area contributed by atoms with E-state index in [1.54, 1.807) is 0 Å². The Morgan fingerprint density at radius 3 is 1.68 bits per heavy atom. The monoisotopic (exact) mass is 312 g/mol. The summed E-state index contributed by atoms with van der Waals surface area (Å²) in [5, 5.41) is 0. The smallest absolute Gasteiger partial charge is 0.00412 e. The molecule has 0 aromatic carbocycles. The van der Waals surface area contributed by atoms with Crippen LogP contribution in [0.25, 0.3) is 0 Å². The van der Waals surface area contributed by atoms with Crippen LogP contribution >= 0.6 is 0 Å². The average molecular weight is 313 g/mol. The lowest BCUT2D eigenvalue weighted by Crippen LogP contribution is -2.37. The molecule has 0 aliphatic rings. The predicted molar refractivity (Wildman–Crippen MR) is 102 cm³/mol. The molecular weight excluding hydrogens is 268 g/mol. The van der Waals surface area contributed by atoms with Crippen molar-refractivity contribution in [2.75, 3.05) is 26.7 Å². The molecule has 22 heavy (non-hydrogen) atoms.